The predicted octanol–water partition coefficient (Wildman–Crippen LogP) is 3.73. The Morgan fingerprint density at radius 1 is 1.21 bits per heavy atom. The van der Waals surface area contributed by atoms with Crippen molar-refractivity contribution >= 4 is 5.91 Å². The molecule has 1 rings (SSSR count). The molecule has 19 heavy (non-hydrogen) atoms. The Bertz CT molecular complexity index is 407. The van der Waals surface area contributed by atoms with Crippen LogP contribution < -0.4 is 4.74 Å². The van der Waals surface area contributed by atoms with Gasteiger partial charge in [0.1, 0.15) is 5.75 Å². The van der Waals surface area contributed by atoms with Gasteiger partial charge in [-0.15, -0.1) is 0 Å². The monoisotopic (exact) mass is 263 g/mol. The zero-order chi connectivity index (χ0) is 14.4. The van der Waals surface area contributed by atoms with Crippen molar-refractivity contribution < 1.29 is 9.53 Å². The molecular weight excluding hydrogens is 238 g/mol. The molecule has 0 spiro atoms. The molecule has 0 aliphatic rings. The second kappa shape index (κ2) is 7.17. The first-order valence-corrected chi connectivity index (χ1v) is 7.01. The number of amides is 1. The Kier molecular flexibility index (Phi) is 5.87. The van der Waals surface area contributed by atoms with Gasteiger partial charge in [-0.3, -0.25) is 4.79 Å². The zero-order valence-corrected chi connectivity index (χ0v) is 12.6. The molecule has 1 amide bonds. The fourth-order valence-corrected chi connectivity index (χ4v) is 2.13. The summed E-state index contributed by atoms with van der Waals surface area (Å²) in [6, 6.07) is 7.86. The van der Waals surface area contributed by atoms with E-state index in [0.717, 1.165) is 18.6 Å². The highest BCUT2D eigenvalue weighted by molar-refractivity contribution is 5.95. The van der Waals surface area contributed by atoms with Crippen molar-refractivity contribution in [2.75, 3.05) is 7.11 Å². The quantitative estimate of drug-likeness (QED) is 0.782. The maximum absolute atomic E-state index is 12.7. The maximum Gasteiger partial charge on any atom is 0.254 e. The van der Waals surface area contributed by atoms with E-state index in [1.165, 1.54) is 0 Å². The van der Waals surface area contributed by atoms with Crippen molar-refractivity contribution in [3.8, 4) is 5.75 Å². The topological polar surface area (TPSA) is 29.5 Å². The van der Waals surface area contributed by atoms with E-state index in [4.69, 9.17) is 4.74 Å². The molecule has 0 aliphatic carbocycles. The molecule has 3 nitrogen and oxygen atoms in total. The molecule has 0 fully saturated rings. The third-order valence-corrected chi connectivity index (χ3v) is 3.68. The third-order valence-electron chi connectivity index (χ3n) is 3.68. The van der Waals surface area contributed by atoms with Crippen LogP contribution in [0.25, 0.3) is 0 Å². The summed E-state index contributed by atoms with van der Waals surface area (Å²) < 4.78 is 5.19. The first-order valence-electron chi connectivity index (χ1n) is 7.01. The number of ether oxygens (including phenoxy) is 1. The lowest BCUT2D eigenvalue weighted by molar-refractivity contribution is 0.0598. The summed E-state index contributed by atoms with van der Waals surface area (Å²) in [5.41, 5.74) is 0.694. The van der Waals surface area contributed by atoms with E-state index in [1.807, 2.05) is 23.1 Å². The van der Waals surface area contributed by atoms with Crippen molar-refractivity contribution in [2.24, 2.45) is 0 Å². The standard InChI is InChI=1S/C16H25NO2/c1-6-12(3)17(13(4)7-2)16(18)14-9-8-10-15(11-14)19-5/h8-13H,6-7H2,1-5H3. The SMILES string of the molecule is CCC(C)N(C(=O)c1cccc(OC)c1)C(C)CC. The number of benzene rings is 1. The highest BCUT2D eigenvalue weighted by Crippen LogP contribution is 2.19. The molecule has 106 valence electrons. The van der Waals surface area contributed by atoms with Crippen molar-refractivity contribution in [2.45, 2.75) is 52.6 Å². The van der Waals surface area contributed by atoms with Crippen molar-refractivity contribution in [3.05, 3.63) is 29.8 Å². The molecule has 3 heteroatoms. The molecule has 0 N–H and O–H groups in total. The van der Waals surface area contributed by atoms with Gasteiger partial charge in [0.25, 0.3) is 5.91 Å². The van der Waals surface area contributed by atoms with E-state index in [0.29, 0.717) is 5.56 Å². The fraction of sp³-hybridized carbons (Fsp3) is 0.562. The van der Waals surface area contributed by atoms with Crippen LogP contribution in [0.1, 0.15) is 50.9 Å². The molecule has 1 aromatic rings. The Morgan fingerprint density at radius 3 is 2.26 bits per heavy atom. The van der Waals surface area contributed by atoms with Gasteiger partial charge in [-0.05, 0) is 44.9 Å². The zero-order valence-electron chi connectivity index (χ0n) is 12.6. The Labute approximate surface area is 116 Å². The van der Waals surface area contributed by atoms with E-state index in [-0.39, 0.29) is 18.0 Å². The summed E-state index contributed by atoms with van der Waals surface area (Å²) in [5.74, 6) is 0.807. The summed E-state index contributed by atoms with van der Waals surface area (Å²) in [4.78, 5) is 14.7. The second-order valence-corrected chi connectivity index (χ2v) is 4.96. The van der Waals surface area contributed by atoms with E-state index in [9.17, 15) is 4.79 Å². The lowest BCUT2D eigenvalue weighted by Gasteiger charge is -2.34. The third kappa shape index (κ3) is 3.72. The largest absolute Gasteiger partial charge is 0.497 e. The molecule has 0 saturated carbocycles. The molecular formula is C16H25NO2. The summed E-state index contributed by atoms with van der Waals surface area (Å²) in [5, 5.41) is 0. The molecule has 2 atom stereocenters. The number of methoxy groups -OCH3 is 1. The molecule has 1 aromatic carbocycles. The predicted molar refractivity (Wildman–Crippen MR) is 78.7 cm³/mol. The van der Waals surface area contributed by atoms with Crippen LogP contribution in [0.2, 0.25) is 0 Å². The number of rotatable bonds is 6. The average molecular weight is 263 g/mol. The number of hydrogen-bond acceptors (Lipinski definition) is 2. The van der Waals surface area contributed by atoms with Crippen LogP contribution in [-0.2, 0) is 0 Å². The minimum Gasteiger partial charge on any atom is -0.497 e. The minimum absolute atomic E-state index is 0.0857. The molecule has 2 unspecified atom stereocenters. The molecule has 0 saturated heterocycles. The van der Waals surface area contributed by atoms with Gasteiger partial charge < -0.3 is 9.64 Å². The second-order valence-electron chi connectivity index (χ2n) is 4.96. The first-order chi connectivity index (χ1) is 9.04. The molecule has 0 radical (unpaired) electrons. The van der Waals surface area contributed by atoms with Crippen molar-refractivity contribution in [3.63, 3.8) is 0 Å². The van der Waals surface area contributed by atoms with E-state index >= 15 is 0 Å². The molecule has 0 aromatic heterocycles. The van der Waals surface area contributed by atoms with Gasteiger partial charge in [0.2, 0.25) is 0 Å². The Morgan fingerprint density at radius 2 is 1.79 bits per heavy atom. The first kappa shape index (κ1) is 15.5. The smallest absolute Gasteiger partial charge is 0.254 e. The number of nitrogens with zero attached hydrogens (tertiary/aromatic N) is 1. The van der Waals surface area contributed by atoms with Crippen LogP contribution in [-0.4, -0.2) is 30.0 Å². The maximum atomic E-state index is 12.7. The minimum atomic E-state index is 0.0857. The van der Waals surface area contributed by atoms with Crippen LogP contribution >= 0.6 is 0 Å². The number of carbonyl (C=O) groups is 1. The molecule has 0 heterocycles. The summed E-state index contributed by atoms with van der Waals surface area (Å²) in [6.45, 7) is 8.42. The van der Waals surface area contributed by atoms with Gasteiger partial charge in [-0.2, -0.15) is 0 Å². The van der Waals surface area contributed by atoms with Gasteiger partial charge in [-0.25, -0.2) is 0 Å². The van der Waals surface area contributed by atoms with Crippen LogP contribution in [0, 0.1) is 0 Å². The van der Waals surface area contributed by atoms with Crippen molar-refractivity contribution in [1.82, 2.24) is 4.90 Å². The molecule has 0 bridgehead atoms. The lowest BCUT2D eigenvalue weighted by atomic mass is 10.1. The van der Waals surface area contributed by atoms with Crippen LogP contribution in [0.5, 0.6) is 5.75 Å². The van der Waals surface area contributed by atoms with E-state index < -0.39 is 0 Å². The fourth-order valence-electron chi connectivity index (χ4n) is 2.13. The normalized spacial score (nSPS) is 13.7. The number of hydrogen-bond donors (Lipinski definition) is 0. The van der Waals surface area contributed by atoms with Gasteiger partial charge >= 0.3 is 0 Å². The van der Waals surface area contributed by atoms with Gasteiger partial charge in [-0.1, -0.05) is 19.9 Å². The molecule has 0 aliphatic heterocycles. The van der Waals surface area contributed by atoms with E-state index in [1.54, 1.807) is 13.2 Å². The number of carbonyl (C=O) groups excluding carboxylic acids is 1. The summed E-state index contributed by atoms with van der Waals surface area (Å²) in [7, 11) is 1.62. The Hall–Kier alpha value is -1.51. The van der Waals surface area contributed by atoms with Gasteiger partial charge in [0, 0.05) is 17.6 Å². The highest BCUT2D eigenvalue weighted by Gasteiger charge is 2.24. The van der Waals surface area contributed by atoms with E-state index in [2.05, 4.69) is 27.7 Å². The van der Waals surface area contributed by atoms with Crippen LogP contribution in [0.3, 0.4) is 0 Å². The van der Waals surface area contributed by atoms with Crippen LogP contribution in [0.15, 0.2) is 24.3 Å². The lowest BCUT2D eigenvalue weighted by Crippen LogP contribution is -2.44. The average Bonchev–Trinajstić information content (AvgIpc) is 2.46. The van der Waals surface area contributed by atoms with Crippen molar-refractivity contribution in [1.29, 1.82) is 0 Å². The van der Waals surface area contributed by atoms with Gasteiger partial charge in [0.15, 0.2) is 0 Å². The van der Waals surface area contributed by atoms with Crippen LogP contribution in [0.4, 0.5) is 0 Å². The summed E-state index contributed by atoms with van der Waals surface area (Å²) >= 11 is 0. The Balaban J connectivity index is 3.04. The highest BCUT2D eigenvalue weighted by atomic mass is 16.5. The summed E-state index contributed by atoms with van der Waals surface area (Å²) in [6.07, 6.45) is 1.92. The van der Waals surface area contributed by atoms with Gasteiger partial charge in [0.05, 0.1) is 7.11 Å².